The largest absolute Gasteiger partial charge is 0.369 e. The maximum Gasteiger partial charge on any atom is 0.213 e. The highest BCUT2D eigenvalue weighted by molar-refractivity contribution is 6.37. The molecule has 0 fully saturated rings. The molecule has 6 nitrogen and oxygen atoms in total. The predicted octanol–water partition coefficient (Wildman–Crippen LogP) is 3.21. The molecule has 0 radical (unpaired) electrons. The maximum absolute atomic E-state index is 6.07. The summed E-state index contributed by atoms with van der Waals surface area (Å²) in [5.41, 5.74) is 0. The van der Waals surface area contributed by atoms with E-state index in [4.69, 9.17) is 23.2 Å². The van der Waals surface area contributed by atoms with Gasteiger partial charge >= 0.3 is 0 Å². The van der Waals surface area contributed by atoms with Gasteiger partial charge in [0.25, 0.3) is 0 Å². The van der Waals surface area contributed by atoms with Crippen LogP contribution in [0.4, 0.5) is 11.6 Å². The standard InChI is InChI=1S/C11H13Cl2N5O/c1-2-3-14-10-7(12)4-8(13)11(17-10)15-5-9-16-6-19-18-9/h4,6H,2-3,5H2,1H3,(H2,14,15,17). The lowest BCUT2D eigenvalue weighted by Gasteiger charge is -2.11. The van der Waals surface area contributed by atoms with Gasteiger partial charge in [0.15, 0.2) is 5.82 Å². The topological polar surface area (TPSA) is 75.9 Å². The normalized spacial score (nSPS) is 10.5. The van der Waals surface area contributed by atoms with Gasteiger partial charge < -0.3 is 15.2 Å². The SMILES string of the molecule is CCCNc1nc(NCc2ncon2)c(Cl)cc1Cl. The number of anilines is 2. The predicted molar refractivity (Wildman–Crippen MR) is 74.7 cm³/mol. The van der Waals surface area contributed by atoms with E-state index in [9.17, 15) is 0 Å². The molecule has 0 saturated heterocycles. The molecule has 0 atom stereocenters. The monoisotopic (exact) mass is 301 g/mol. The van der Waals surface area contributed by atoms with Crippen molar-refractivity contribution < 1.29 is 4.52 Å². The van der Waals surface area contributed by atoms with E-state index < -0.39 is 0 Å². The summed E-state index contributed by atoms with van der Waals surface area (Å²) in [6.07, 6.45) is 2.24. The summed E-state index contributed by atoms with van der Waals surface area (Å²) in [7, 11) is 0. The summed E-state index contributed by atoms with van der Waals surface area (Å²) in [6.45, 7) is 3.23. The van der Waals surface area contributed by atoms with Crippen LogP contribution in [0.2, 0.25) is 10.0 Å². The second kappa shape index (κ2) is 6.58. The van der Waals surface area contributed by atoms with Gasteiger partial charge in [0.05, 0.1) is 16.6 Å². The number of rotatable bonds is 6. The lowest BCUT2D eigenvalue weighted by atomic mass is 10.4. The van der Waals surface area contributed by atoms with E-state index in [1.165, 1.54) is 6.39 Å². The van der Waals surface area contributed by atoms with Gasteiger partial charge in [-0.2, -0.15) is 4.98 Å². The van der Waals surface area contributed by atoms with E-state index in [2.05, 4.69) is 37.2 Å². The van der Waals surface area contributed by atoms with Crippen molar-refractivity contribution in [2.45, 2.75) is 19.9 Å². The summed E-state index contributed by atoms with van der Waals surface area (Å²) in [4.78, 5) is 8.23. The van der Waals surface area contributed by atoms with Crippen molar-refractivity contribution in [1.82, 2.24) is 15.1 Å². The van der Waals surface area contributed by atoms with Crippen molar-refractivity contribution in [1.29, 1.82) is 0 Å². The van der Waals surface area contributed by atoms with Crippen LogP contribution in [0.5, 0.6) is 0 Å². The first-order valence-corrected chi connectivity index (χ1v) is 6.55. The van der Waals surface area contributed by atoms with Crippen LogP contribution in [0, 0.1) is 0 Å². The molecule has 19 heavy (non-hydrogen) atoms. The van der Waals surface area contributed by atoms with E-state index in [1.54, 1.807) is 6.07 Å². The summed E-state index contributed by atoms with van der Waals surface area (Å²) >= 11 is 12.1. The lowest BCUT2D eigenvalue weighted by molar-refractivity contribution is 0.411. The Morgan fingerprint density at radius 3 is 2.58 bits per heavy atom. The Kier molecular flexibility index (Phi) is 4.81. The number of nitrogens with one attached hydrogen (secondary N) is 2. The van der Waals surface area contributed by atoms with E-state index in [-0.39, 0.29) is 0 Å². The third-order valence-electron chi connectivity index (χ3n) is 2.29. The van der Waals surface area contributed by atoms with E-state index in [1.807, 2.05) is 0 Å². The number of hydrogen-bond acceptors (Lipinski definition) is 6. The van der Waals surface area contributed by atoms with Crippen LogP contribution in [0.3, 0.4) is 0 Å². The zero-order valence-electron chi connectivity index (χ0n) is 10.3. The number of halogens is 2. The summed E-state index contributed by atoms with van der Waals surface area (Å²) in [6, 6.07) is 1.65. The molecular weight excluding hydrogens is 289 g/mol. The Morgan fingerprint density at radius 1 is 1.21 bits per heavy atom. The molecular formula is C11H13Cl2N5O. The van der Waals surface area contributed by atoms with Crippen molar-refractivity contribution in [2.75, 3.05) is 17.2 Å². The third-order valence-corrected chi connectivity index (χ3v) is 2.87. The van der Waals surface area contributed by atoms with Gasteiger partial charge in [0, 0.05) is 6.54 Å². The highest BCUT2D eigenvalue weighted by Gasteiger charge is 2.09. The maximum atomic E-state index is 6.07. The quantitative estimate of drug-likeness (QED) is 0.853. The van der Waals surface area contributed by atoms with Crippen molar-refractivity contribution in [3.8, 4) is 0 Å². The fourth-order valence-corrected chi connectivity index (χ4v) is 1.88. The molecule has 2 N–H and O–H groups in total. The molecule has 0 saturated carbocycles. The molecule has 2 rings (SSSR count). The number of hydrogen-bond donors (Lipinski definition) is 2. The van der Waals surface area contributed by atoms with Gasteiger partial charge in [-0.3, -0.25) is 0 Å². The Labute approximate surface area is 120 Å². The van der Waals surface area contributed by atoms with Crippen LogP contribution < -0.4 is 10.6 Å². The van der Waals surface area contributed by atoms with Crippen LogP contribution in [0.15, 0.2) is 17.0 Å². The Balaban J connectivity index is 2.10. The minimum absolute atomic E-state index is 0.373. The van der Waals surface area contributed by atoms with Crippen LogP contribution in [0.25, 0.3) is 0 Å². The van der Waals surface area contributed by atoms with Gasteiger partial charge in [0.1, 0.15) is 11.6 Å². The first-order chi connectivity index (χ1) is 9.20. The van der Waals surface area contributed by atoms with Crippen molar-refractivity contribution in [3.05, 3.63) is 28.3 Å². The van der Waals surface area contributed by atoms with Crippen LogP contribution in [-0.2, 0) is 6.54 Å². The van der Waals surface area contributed by atoms with Gasteiger partial charge in [-0.15, -0.1) is 0 Å². The minimum Gasteiger partial charge on any atom is -0.369 e. The molecule has 2 heterocycles. The number of aromatic nitrogens is 3. The van der Waals surface area contributed by atoms with Gasteiger partial charge in [0.2, 0.25) is 6.39 Å². The fourth-order valence-electron chi connectivity index (χ4n) is 1.39. The van der Waals surface area contributed by atoms with Crippen molar-refractivity contribution in [3.63, 3.8) is 0 Å². The zero-order valence-corrected chi connectivity index (χ0v) is 11.8. The summed E-state index contributed by atoms with van der Waals surface area (Å²) in [5, 5.41) is 10.8. The highest BCUT2D eigenvalue weighted by Crippen LogP contribution is 2.29. The molecule has 2 aromatic rings. The van der Waals surface area contributed by atoms with Gasteiger partial charge in [-0.1, -0.05) is 35.3 Å². The van der Waals surface area contributed by atoms with E-state index in [0.717, 1.165) is 13.0 Å². The Hall–Kier alpha value is -1.53. The average Bonchev–Trinajstić information content (AvgIpc) is 2.90. The second-order valence-electron chi connectivity index (χ2n) is 3.78. The zero-order chi connectivity index (χ0) is 13.7. The molecule has 8 heteroatoms. The molecule has 2 aromatic heterocycles. The molecule has 0 aliphatic heterocycles. The molecule has 0 bridgehead atoms. The van der Waals surface area contributed by atoms with Crippen molar-refractivity contribution in [2.24, 2.45) is 0 Å². The second-order valence-corrected chi connectivity index (χ2v) is 4.59. The molecule has 0 aromatic carbocycles. The number of nitrogens with zero attached hydrogens (tertiary/aromatic N) is 3. The average molecular weight is 302 g/mol. The van der Waals surface area contributed by atoms with E-state index >= 15 is 0 Å². The Morgan fingerprint density at radius 2 is 1.95 bits per heavy atom. The van der Waals surface area contributed by atoms with Gasteiger partial charge in [-0.05, 0) is 12.5 Å². The van der Waals surface area contributed by atoms with Crippen LogP contribution in [-0.4, -0.2) is 21.7 Å². The highest BCUT2D eigenvalue weighted by atomic mass is 35.5. The lowest BCUT2D eigenvalue weighted by Crippen LogP contribution is -2.07. The molecule has 0 aliphatic carbocycles. The first-order valence-electron chi connectivity index (χ1n) is 5.79. The number of pyridine rings is 1. The molecule has 102 valence electrons. The van der Waals surface area contributed by atoms with Gasteiger partial charge in [-0.25, -0.2) is 4.98 Å². The first kappa shape index (κ1) is 13.9. The van der Waals surface area contributed by atoms with E-state index in [0.29, 0.717) is 34.1 Å². The smallest absolute Gasteiger partial charge is 0.213 e. The minimum atomic E-state index is 0.373. The third kappa shape index (κ3) is 3.71. The van der Waals surface area contributed by atoms with Crippen LogP contribution in [0.1, 0.15) is 19.2 Å². The van der Waals surface area contributed by atoms with Crippen molar-refractivity contribution >= 4 is 34.8 Å². The summed E-state index contributed by atoms with van der Waals surface area (Å²) in [5.74, 6) is 1.65. The molecule has 0 spiro atoms. The molecule has 0 amide bonds. The fraction of sp³-hybridized carbons (Fsp3) is 0.364. The van der Waals surface area contributed by atoms with Crippen LogP contribution >= 0.6 is 23.2 Å². The molecule has 0 unspecified atom stereocenters. The summed E-state index contributed by atoms with van der Waals surface area (Å²) < 4.78 is 4.64. The molecule has 0 aliphatic rings. The Bertz CT molecular complexity index is 532.